The molecule has 1 aliphatic rings. The number of hydrogen-bond donors (Lipinski definition) is 1. The summed E-state index contributed by atoms with van der Waals surface area (Å²) in [5, 5.41) is 2.24. The molecule has 11 heteroatoms. The maximum absolute atomic E-state index is 16.1. The fourth-order valence-electron chi connectivity index (χ4n) is 4.13. The summed E-state index contributed by atoms with van der Waals surface area (Å²) in [5.74, 6) is -1.79. The molecule has 1 saturated heterocycles. The van der Waals surface area contributed by atoms with Gasteiger partial charge >= 0.3 is 12.1 Å². The Labute approximate surface area is 225 Å². The highest BCUT2D eigenvalue weighted by atomic mass is 32.2. The van der Waals surface area contributed by atoms with Crippen molar-refractivity contribution in [3.8, 4) is 0 Å². The molecule has 39 heavy (non-hydrogen) atoms. The Bertz CT molecular complexity index is 1350. The van der Waals surface area contributed by atoms with Crippen molar-refractivity contribution in [2.75, 3.05) is 13.2 Å². The Morgan fingerprint density at radius 3 is 2.08 bits per heavy atom. The minimum atomic E-state index is -4.85. The molecule has 0 saturated carbocycles. The van der Waals surface area contributed by atoms with Gasteiger partial charge in [-0.2, -0.15) is 8.78 Å². The summed E-state index contributed by atoms with van der Waals surface area (Å²) in [4.78, 5) is 25.7. The van der Waals surface area contributed by atoms with Crippen molar-refractivity contribution in [2.45, 2.75) is 42.5 Å². The number of alkyl halides is 2. The Balaban J connectivity index is 1.68. The number of ketones is 1. The number of amides is 1. The number of ether oxygens (including phenoxy) is 2. The average molecular weight is 559 g/mol. The lowest BCUT2D eigenvalue weighted by Gasteiger charge is -2.32. The zero-order valence-electron chi connectivity index (χ0n) is 20.9. The van der Waals surface area contributed by atoms with E-state index in [0.29, 0.717) is 18.6 Å². The fourth-order valence-corrected chi connectivity index (χ4v) is 5.60. The van der Waals surface area contributed by atoms with E-state index in [1.165, 1.54) is 36.4 Å². The van der Waals surface area contributed by atoms with E-state index in [1.807, 2.05) is 0 Å². The molecule has 0 spiro atoms. The van der Waals surface area contributed by atoms with Gasteiger partial charge in [0.05, 0.1) is 18.1 Å². The number of carbonyl (C=O) groups excluding carboxylic acids is 2. The van der Waals surface area contributed by atoms with E-state index in [0.717, 1.165) is 0 Å². The van der Waals surface area contributed by atoms with Crippen molar-refractivity contribution >= 4 is 21.9 Å². The van der Waals surface area contributed by atoms with Crippen LogP contribution in [0.25, 0.3) is 0 Å². The van der Waals surface area contributed by atoms with Crippen LogP contribution in [-0.2, 0) is 37.3 Å². The van der Waals surface area contributed by atoms with Crippen molar-refractivity contribution in [3.63, 3.8) is 0 Å². The van der Waals surface area contributed by atoms with E-state index in [4.69, 9.17) is 9.47 Å². The van der Waals surface area contributed by atoms with Gasteiger partial charge in [-0.1, -0.05) is 78.9 Å². The van der Waals surface area contributed by atoms with Gasteiger partial charge in [-0.3, -0.25) is 4.79 Å². The molecule has 0 aliphatic carbocycles. The molecular weight excluding hydrogens is 530 g/mol. The molecule has 8 nitrogen and oxygen atoms in total. The molecular formula is C28H28F2N2O6S. The highest BCUT2D eigenvalue weighted by Gasteiger charge is 2.54. The third kappa shape index (κ3) is 7.05. The van der Waals surface area contributed by atoms with Crippen LogP contribution in [0, 0.1) is 0 Å². The first-order valence-corrected chi connectivity index (χ1v) is 13.7. The number of sulfonamides is 1. The lowest BCUT2D eigenvalue weighted by Crippen LogP contribution is -2.58. The topological polar surface area (TPSA) is 102 Å². The Morgan fingerprint density at radius 2 is 1.51 bits per heavy atom. The molecule has 3 aromatic rings. The monoisotopic (exact) mass is 558 g/mol. The largest absolute Gasteiger partial charge is 0.444 e. The van der Waals surface area contributed by atoms with Crippen molar-refractivity contribution in [2.24, 2.45) is 0 Å². The van der Waals surface area contributed by atoms with Crippen LogP contribution in [0.4, 0.5) is 13.6 Å². The van der Waals surface area contributed by atoms with E-state index in [2.05, 4.69) is 5.32 Å². The summed E-state index contributed by atoms with van der Waals surface area (Å²) in [6.45, 7) is -0.242. The van der Waals surface area contributed by atoms with E-state index < -0.39 is 51.5 Å². The van der Waals surface area contributed by atoms with Gasteiger partial charge in [-0.25, -0.2) is 13.2 Å². The molecule has 1 heterocycles. The lowest BCUT2D eigenvalue weighted by atomic mass is 10.0. The van der Waals surface area contributed by atoms with E-state index in [9.17, 15) is 18.0 Å². The molecule has 0 unspecified atom stereocenters. The number of nitrogens with one attached hydrogen (secondary N) is 1. The number of rotatable bonds is 11. The second kappa shape index (κ2) is 12.5. The van der Waals surface area contributed by atoms with Gasteiger partial charge in [0.15, 0.2) is 0 Å². The third-order valence-corrected chi connectivity index (χ3v) is 7.97. The number of Topliss-reactive ketones (excluding diaryl/α,β-unsaturated/α-hetero) is 1. The molecule has 1 fully saturated rings. The summed E-state index contributed by atoms with van der Waals surface area (Å²) in [6, 6.07) is 16.4. The Hall–Kier alpha value is -3.67. The van der Waals surface area contributed by atoms with Crippen LogP contribution in [0.5, 0.6) is 0 Å². The van der Waals surface area contributed by atoms with Gasteiger partial charge in [-0.15, -0.1) is 4.31 Å². The predicted molar refractivity (Wildman–Crippen MR) is 138 cm³/mol. The molecule has 0 bridgehead atoms. The highest BCUT2D eigenvalue weighted by molar-refractivity contribution is 7.89. The first kappa shape index (κ1) is 28.3. The van der Waals surface area contributed by atoms with E-state index >= 15 is 8.78 Å². The third-order valence-electron chi connectivity index (χ3n) is 6.16. The van der Waals surface area contributed by atoms with Crippen LogP contribution in [0.2, 0.25) is 0 Å². The van der Waals surface area contributed by atoms with Gasteiger partial charge in [0.25, 0.3) is 0 Å². The molecule has 3 aromatic carbocycles. The SMILES string of the molecule is O=C(N[C@@H](Cc1ccccc1)C(=O)C(F)(F)N(Cc1ccccc1)S(=O)(=O)c1ccccc1)O[C@H]1CCOC1. The summed E-state index contributed by atoms with van der Waals surface area (Å²) in [7, 11) is -4.85. The first-order chi connectivity index (χ1) is 18.7. The summed E-state index contributed by atoms with van der Waals surface area (Å²) in [5.41, 5.74) is 0.731. The van der Waals surface area contributed by atoms with Gasteiger partial charge in [-0.05, 0) is 23.3 Å². The summed E-state index contributed by atoms with van der Waals surface area (Å²) >= 11 is 0. The number of carbonyl (C=O) groups is 2. The minimum absolute atomic E-state index is 0.122. The minimum Gasteiger partial charge on any atom is -0.444 e. The Kier molecular flexibility index (Phi) is 9.05. The van der Waals surface area contributed by atoms with Gasteiger partial charge in [0.2, 0.25) is 15.8 Å². The lowest BCUT2D eigenvalue weighted by molar-refractivity contribution is -0.164. The average Bonchev–Trinajstić information content (AvgIpc) is 3.45. The second-order valence-electron chi connectivity index (χ2n) is 8.99. The number of alkyl carbamates (subject to hydrolysis) is 1. The number of hydrogen-bond acceptors (Lipinski definition) is 6. The number of benzene rings is 3. The zero-order chi connectivity index (χ0) is 27.9. The Morgan fingerprint density at radius 1 is 0.949 bits per heavy atom. The molecule has 0 aromatic heterocycles. The van der Waals surface area contributed by atoms with Crippen LogP contribution in [0.15, 0.2) is 95.9 Å². The van der Waals surface area contributed by atoms with E-state index in [-0.39, 0.29) is 22.9 Å². The molecule has 1 aliphatic heterocycles. The normalized spacial score (nSPS) is 16.5. The highest BCUT2D eigenvalue weighted by Crippen LogP contribution is 2.32. The summed E-state index contributed by atoms with van der Waals surface area (Å²) in [6.07, 6.45) is -1.53. The van der Waals surface area contributed by atoms with Gasteiger partial charge in [0, 0.05) is 19.4 Å². The fraction of sp³-hybridized carbons (Fsp3) is 0.286. The molecule has 1 amide bonds. The van der Waals surface area contributed by atoms with Crippen LogP contribution in [0.3, 0.4) is 0 Å². The standard InChI is InChI=1S/C28H28F2N2O6S/c29-28(30,32(19-22-12-6-2-7-13-22)39(35,36)24-14-8-3-9-15-24)26(33)25(18-21-10-4-1-5-11-21)31-27(34)38-23-16-17-37-20-23/h1-15,23,25H,16-20H2,(H,31,34)/t23-,25-/m0/s1. The van der Waals surface area contributed by atoms with Crippen molar-refractivity contribution < 1.29 is 36.3 Å². The molecule has 4 rings (SSSR count). The summed E-state index contributed by atoms with van der Waals surface area (Å²) < 4.78 is 69.5. The number of halogens is 2. The van der Waals surface area contributed by atoms with Crippen LogP contribution < -0.4 is 5.32 Å². The molecule has 1 N–H and O–H groups in total. The quantitative estimate of drug-likeness (QED) is 0.355. The number of nitrogens with zero attached hydrogens (tertiary/aromatic N) is 1. The van der Waals surface area contributed by atoms with E-state index in [1.54, 1.807) is 54.6 Å². The van der Waals surface area contributed by atoms with Crippen molar-refractivity contribution in [1.29, 1.82) is 0 Å². The van der Waals surface area contributed by atoms with Gasteiger partial charge < -0.3 is 14.8 Å². The predicted octanol–water partition coefficient (Wildman–Crippen LogP) is 4.17. The van der Waals surface area contributed by atoms with Crippen molar-refractivity contribution in [3.05, 3.63) is 102 Å². The van der Waals surface area contributed by atoms with Crippen molar-refractivity contribution in [1.82, 2.24) is 9.62 Å². The molecule has 0 radical (unpaired) electrons. The molecule has 2 atom stereocenters. The van der Waals surface area contributed by atoms with Gasteiger partial charge in [0.1, 0.15) is 12.1 Å². The maximum atomic E-state index is 16.1. The smallest absolute Gasteiger partial charge is 0.408 e. The van der Waals surface area contributed by atoms with Crippen LogP contribution in [0.1, 0.15) is 17.5 Å². The molecule has 206 valence electrons. The second-order valence-corrected chi connectivity index (χ2v) is 10.9. The van der Waals surface area contributed by atoms with Crippen LogP contribution in [-0.4, -0.2) is 56.0 Å². The van der Waals surface area contributed by atoms with Crippen LogP contribution >= 0.6 is 0 Å². The first-order valence-electron chi connectivity index (χ1n) is 12.3. The zero-order valence-corrected chi connectivity index (χ0v) is 21.7. The maximum Gasteiger partial charge on any atom is 0.408 e.